The van der Waals surface area contributed by atoms with Crippen molar-refractivity contribution in [1.82, 2.24) is 5.43 Å². The lowest BCUT2D eigenvalue weighted by Crippen LogP contribution is -2.39. The molecule has 0 saturated heterocycles. The number of nitrogens with one attached hydrogen (secondary N) is 1. The summed E-state index contributed by atoms with van der Waals surface area (Å²) < 4.78 is 31.7. The van der Waals surface area contributed by atoms with Gasteiger partial charge >= 0.3 is 0 Å². The molecule has 0 aliphatic heterocycles. The number of anilines is 1. The lowest BCUT2D eigenvalue weighted by Gasteiger charge is -2.23. The number of aryl methyl sites for hydroxylation is 2. The molecule has 4 aromatic rings. The van der Waals surface area contributed by atoms with Crippen molar-refractivity contribution in [1.29, 1.82) is 0 Å². The molecule has 190 valence electrons. The van der Waals surface area contributed by atoms with E-state index < -0.39 is 15.9 Å². The van der Waals surface area contributed by atoms with Gasteiger partial charge in [-0.1, -0.05) is 48.5 Å². The zero-order valence-electron chi connectivity index (χ0n) is 21.0. The molecule has 1 amide bonds. The Labute approximate surface area is 217 Å². The van der Waals surface area contributed by atoms with Gasteiger partial charge in [-0.05, 0) is 83.3 Å². The number of sulfonamides is 1. The molecular weight excluding hydrogens is 486 g/mol. The number of rotatable bonds is 9. The average molecular weight is 516 g/mol. The van der Waals surface area contributed by atoms with Gasteiger partial charge in [0.15, 0.2) is 0 Å². The normalized spacial score (nSPS) is 11.5. The summed E-state index contributed by atoms with van der Waals surface area (Å²) in [6.07, 6.45) is 2.57. The van der Waals surface area contributed by atoms with E-state index in [9.17, 15) is 13.2 Å². The Balaban J connectivity index is 1.33. The molecule has 0 fully saturated rings. The third-order valence-electron chi connectivity index (χ3n) is 5.82. The fourth-order valence-electron chi connectivity index (χ4n) is 3.86. The monoisotopic (exact) mass is 515 g/mol. The van der Waals surface area contributed by atoms with E-state index in [-0.39, 0.29) is 6.54 Å². The van der Waals surface area contributed by atoms with Crippen LogP contribution in [0, 0.1) is 13.8 Å². The van der Waals surface area contributed by atoms with Gasteiger partial charge in [0, 0.05) is 0 Å². The van der Waals surface area contributed by atoms with Crippen molar-refractivity contribution in [2.24, 2.45) is 5.10 Å². The Kier molecular flexibility index (Phi) is 7.89. The van der Waals surface area contributed by atoms with Crippen LogP contribution in [0.3, 0.4) is 0 Å². The second-order valence-electron chi connectivity index (χ2n) is 8.89. The number of benzene rings is 4. The van der Waals surface area contributed by atoms with Crippen LogP contribution in [-0.2, 0) is 21.4 Å². The van der Waals surface area contributed by atoms with E-state index in [2.05, 4.69) is 40.9 Å². The summed E-state index contributed by atoms with van der Waals surface area (Å²) in [5, 5.41) is 6.34. The van der Waals surface area contributed by atoms with E-state index in [0.29, 0.717) is 18.0 Å². The zero-order chi connectivity index (χ0) is 26.4. The Morgan fingerprint density at radius 3 is 2.41 bits per heavy atom. The molecule has 4 rings (SSSR count). The van der Waals surface area contributed by atoms with E-state index in [0.717, 1.165) is 32.8 Å². The maximum Gasteiger partial charge on any atom is 0.260 e. The van der Waals surface area contributed by atoms with Gasteiger partial charge in [0.2, 0.25) is 10.0 Å². The highest BCUT2D eigenvalue weighted by Gasteiger charge is 2.22. The maximum absolute atomic E-state index is 12.5. The van der Waals surface area contributed by atoms with Gasteiger partial charge in [-0.2, -0.15) is 5.10 Å². The molecular formula is C29H29N3O4S. The van der Waals surface area contributed by atoms with Crippen molar-refractivity contribution in [3.05, 3.63) is 107 Å². The Morgan fingerprint density at radius 2 is 1.68 bits per heavy atom. The van der Waals surface area contributed by atoms with E-state index in [4.69, 9.17) is 4.74 Å². The summed E-state index contributed by atoms with van der Waals surface area (Å²) in [5.74, 6) is 0.171. The smallest absolute Gasteiger partial charge is 0.260 e. The maximum atomic E-state index is 12.5. The average Bonchev–Trinajstić information content (AvgIpc) is 2.87. The van der Waals surface area contributed by atoms with E-state index in [1.54, 1.807) is 13.0 Å². The third kappa shape index (κ3) is 6.95. The lowest BCUT2D eigenvalue weighted by molar-refractivity contribution is -0.119. The molecule has 0 aromatic heterocycles. The number of hydrazone groups is 1. The van der Waals surface area contributed by atoms with Crippen LogP contribution in [0.25, 0.3) is 10.8 Å². The van der Waals surface area contributed by atoms with Gasteiger partial charge < -0.3 is 4.74 Å². The summed E-state index contributed by atoms with van der Waals surface area (Å²) >= 11 is 0. The number of hydrogen-bond donors (Lipinski definition) is 1. The summed E-state index contributed by atoms with van der Waals surface area (Å²) in [7, 11) is -3.66. The van der Waals surface area contributed by atoms with E-state index >= 15 is 0 Å². The molecule has 0 saturated carbocycles. The van der Waals surface area contributed by atoms with Crippen molar-refractivity contribution in [3.8, 4) is 5.75 Å². The number of carbonyl (C=O) groups is 1. The number of fused-ring (bicyclic) bond motifs is 1. The van der Waals surface area contributed by atoms with Crippen molar-refractivity contribution >= 4 is 38.6 Å². The molecule has 0 bridgehead atoms. The first kappa shape index (κ1) is 25.9. The summed E-state index contributed by atoms with van der Waals surface area (Å²) in [4.78, 5) is 12.5. The number of nitrogens with zero attached hydrogens (tertiary/aromatic N) is 2. The first-order chi connectivity index (χ1) is 17.7. The number of carbonyl (C=O) groups excluding carboxylic acids is 1. The lowest BCUT2D eigenvalue weighted by atomic mass is 10.1. The topological polar surface area (TPSA) is 88.1 Å². The first-order valence-corrected chi connectivity index (χ1v) is 13.6. The highest BCUT2D eigenvalue weighted by molar-refractivity contribution is 7.92. The molecule has 4 aromatic carbocycles. The SMILES string of the molecule is Cc1ccc(C)c(N(CC(=O)N/N=C\c2ccc(OCc3ccc4ccccc4c3)cc2)S(C)(=O)=O)c1. The number of hydrogen-bond acceptors (Lipinski definition) is 5. The molecule has 0 radical (unpaired) electrons. The van der Waals surface area contributed by atoms with Gasteiger partial charge in [0.25, 0.3) is 5.91 Å². The Bertz CT molecular complexity index is 1550. The molecule has 0 unspecified atom stereocenters. The molecule has 8 heteroatoms. The standard InChI is InChI=1S/C29H29N3O4S/c1-21-8-9-22(2)28(16-21)32(37(3,34)35)19-29(33)31-30-18-23-11-14-27(15-12-23)36-20-24-10-13-25-6-4-5-7-26(25)17-24/h4-18H,19-20H2,1-3H3,(H,31,33)/b30-18-. The van der Waals surface area contributed by atoms with Crippen LogP contribution in [0.15, 0.2) is 90.0 Å². The van der Waals surface area contributed by atoms with Crippen molar-refractivity contribution < 1.29 is 17.9 Å². The predicted molar refractivity (Wildman–Crippen MR) is 149 cm³/mol. The summed E-state index contributed by atoms with van der Waals surface area (Å²) in [6.45, 7) is 3.75. The van der Waals surface area contributed by atoms with E-state index in [1.807, 2.05) is 55.5 Å². The summed E-state index contributed by atoms with van der Waals surface area (Å²) in [6, 6.07) is 27.2. The minimum absolute atomic E-state index is 0.373. The molecule has 0 aliphatic rings. The van der Waals surface area contributed by atoms with Crippen LogP contribution in [0.5, 0.6) is 5.75 Å². The van der Waals surface area contributed by atoms with Crippen molar-refractivity contribution in [3.63, 3.8) is 0 Å². The number of ether oxygens (including phenoxy) is 1. The van der Waals surface area contributed by atoms with Crippen molar-refractivity contribution in [2.75, 3.05) is 17.1 Å². The van der Waals surface area contributed by atoms with Gasteiger partial charge in [-0.3, -0.25) is 9.10 Å². The second-order valence-corrected chi connectivity index (χ2v) is 10.8. The molecule has 1 N–H and O–H groups in total. The van der Waals surface area contributed by atoms with Crippen LogP contribution in [0.2, 0.25) is 0 Å². The van der Waals surface area contributed by atoms with Gasteiger partial charge in [-0.15, -0.1) is 0 Å². The van der Waals surface area contributed by atoms with Crippen LogP contribution < -0.4 is 14.5 Å². The Morgan fingerprint density at radius 1 is 0.946 bits per heavy atom. The quantitative estimate of drug-likeness (QED) is 0.252. The zero-order valence-corrected chi connectivity index (χ0v) is 21.8. The highest BCUT2D eigenvalue weighted by atomic mass is 32.2. The molecule has 0 atom stereocenters. The van der Waals surface area contributed by atoms with Gasteiger partial charge in [-0.25, -0.2) is 13.8 Å². The molecule has 0 spiro atoms. The summed E-state index contributed by atoms with van der Waals surface area (Å²) in [5.41, 5.74) is 6.38. The minimum Gasteiger partial charge on any atom is -0.489 e. The van der Waals surface area contributed by atoms with Gasteiger partial charge in [0.1, 0.15) is 18.9 Å². The Hall–Kier alpha value is -4.17. The number of amides is 1. The minimum atomic E-state index is -3.66. The van der Waals surface area contributed by atoms with Crippen LogP contribution in [-0.4, -0.2) is 33.3 Å². The van der Waals surface area contributed by atoms with Crippen LogP contribution in [0.1, 0.15) is 22.3 Å². The van der Waals surface area contributed by atoms with E-state index in [1.165, 1.54) is 17.0 Å². The molecule has 7 nitrogen and oxygen atoms in total. The fraction of sp³-hybridized carbons (Fsp3) is 0.172. The van der Waals surface area contributed by atoms with Gasteiger partial charge in [0.05, 0.1) is 18.2 Å². The highest BCUT2D eigenvalue weighted by Crippen LogP contribution is 2.24. The fourth-order valence-corrected chi connectivity index (χ4v) is 4.76. The molecule has 37 heavy (non-hydrogen) atoms. The van der Waals surface area contributed by atoms with Crippen LogP contribution in [0.4, 0.5) is 5.69 Å². The van der Waals surface area contributed by atoms with Crippen LogP contribution >= 0.6 is 0 Å². The largest absolute Gasteiger partial charge is 0.489 e. The van der Waals surface area contributed by atoms with Crippen molar-refractivity contribution in [2.45, 2.75) is 20.5 Å². The predicted octanol–water partition coefficient (Wildman–Crippen LogP) is 4.95. The third-order valence-corrected chi connectivity index (χ3v) is 6.95. The molecule has 0 aliphatic carbocycles. The first-order valence-electron chi connectivity index (χ1n) is 11.8. The second kappa shape index (κ2) is 11.3. The molecule has 0 heterocycles.